The third-order valence-electron chi connectivity index (χ3n) is 6.21. The summed E-state index contributed by atoms with van der Waals surface area (Å²) in [7, 11) is 0. The second-order valence-corrected chi connectivity index (χ2v) is 8.25. The molecule has 7 nitrogen and oxygen atoms in total. The number of amides is 1. The second kappa shape index (κ2) is 7.44. The van der Waals surface area contributed by atoms with Crippen LogP contribution in [-0.4, -0.2) is 46.0 Å². The third-order valence-corrected chi connectivity index (χ3v) is 6.21. The van der Waals surface area contributed by atoms with Crippen LogP contribution in [0.15, 0.2) is 34.8 Å². The average molecular weight is 383 g/mol. The number of carbonyl (C=O) groups is 1. The van der Waals surface area contributed by atoms with Gasteiger partial charge in [-0.2, -0.15) is 5.26 Å². The molecule has 1 saturated carbocycles. The van der Waals surface area contributed by atoms with Gasteiger partial charge in [-0.3, -0.25) is 4.79 Å². The molecule has 4 rings (SSSR count). The van der Waals surface area contributed by atoms with Crippen molar-refractivity contribution in [2.24, 2.45) is 11.8 Å². The SMILES string of the molecule is CC1C=C2CC(O)CC(C2)C1OC(=O)N1CCC(n2ccc(C#N)cc2=O)C1. The Hall–Kier alpha value is -2.59. The van der Waals surface area contributed by atoms with Gasteiger partial charge in [0.05, 0.1) is 23.8 Å². The zero-order valence-corrected chi connectivity index (χ0v) is 16.0. The standard InChI is InChI=1S/C21H25N3O4/c1-13-6-15-7-16(10-18(25)8-15)20(13)28-21(27)23-4-3-17(12-23)24-5-2-14(11-22)9-19(24)26/h2,5-6,9,13,16-18,20,25H,3-4,7-8,10,12H2,1H3. The Bertz CT molecular complexity index is 900. The molecule has 7 heteroatoms. The fourth-order valence-electron chi connectivity index (χ4n) is 4.91. The summed E-state index contributed by atoms with van der Waals surface area (Å²) in [6.07, 6.45) is 5.81. The molecule has 1 amide bonds. The molecule has 0 spiro atoms. The number of fused-ring (bicyclic) bond motifs is 2. The van der Waals surface area contributed by atoms with E-state index in [2.05, 4.69) is 13.0 Å². The van der Waals surface area contributed by atoms with Crippen molar-refractivity contribution in [2.75, 3.05) is 13.1 Å². The van der Waals surface area contributed by atoms with Crippen molar-refractivity contribution < 1.29 is 14.6 Å². The van der Waals surface area contributed by atoms with Crippen LogP contribution in [0.25, 0.3) is 0 Å². The molecular formula is C21H25N3O4. The lowest BCUT2D eigenvalue weighted by Crippen LogP contribution is -2.43. The quantitative estimate of drug-likeness (QED) is 0.790. The van der Waals surface area contributed by atoms with Gasteiger partial charge in [0.2, 0.25) is 0 Å². The predicted molar refractivity (Wildman–Crippen MR) is 102 cm³/mol. The van der Waals surface area contributed by atoms with E-state index in [0.29, 0.717) is 31.5 Å². The number of rotatable bonds is 2. The van der Waals surface area contributed by atoms with E-state index in [1.807, 2.05) is 6.07 Å². The zero-order chi connectivity index (χ0) is 19.8. The predicted octanol–water partition coefficient (Wildman–Crippen LogP) is 2.21. The first kappa shape index (κ1) is 18.8. The van der Waals surface area contributed by atoms with E-state index in [1.165, 1.54) is 11.6 Å². The summed E-state index contributed by atoms with van der Waals surface area (Å²) >= 11 is 0. The minimum absolute atomic E-state index is 0.112. The van der Waals surface area contributed by atoms with Crippen molar-refractivity contribution in [3.05, 3.63) is 45.9 Å². The fraction of sp³-hybridized carbons (Fsp3) is 0.571. The van der Waals surface area contributed by atoms with Gasteiger partial charge in [0.15, 0.2) is 0 Å². The number of likely N-dealkylation sites (tertiary alicyclic amines) is 1. The minimum atomic E-state index is -0.349. The van der Waals surface area contributed by atoms with Crippen LogP contribution in [0.2, 0.25) is 0 Å². The maximum atomic E-state index is 12.8. The van der Waals surface area contributed by atoms with Crippen LogP contribution in [-0.2, 0) is 4.74 Å². The zero-order valence-electron chi connectivity index (χ0n) is 16.0. The molecule has 28 heavy (non-hydrogen) atoms. The highest BCUT2D eigenvalue weighted by Crippen LogP contribution is 2.40. The molecule has 2 heterocycles. The van der Waals surface area contributed by atoms with Gasteiger partial charge in [0.1, 0.15) is 6.10 Å². The molecule has 5 unspecified atom stereocenters. The van der Waals surface area contributed by atoms with Crippen LogP contribution in [0, 0.1) is 23.2 Å². The van der Waals surface area contributed by atoms with Crippen LogP contribution in [0.4, 0.5) is 4.79 Å². The molecule has 2 bridgehead atoms. The molecule has 5 atom stereocenters. The fourth-order valence-corrected chi connectivity index (χ4v) is 4.91. The number of nitriles is 1. The van der Waals surface area contributed by atoms with Gasteiger partial charge in [-0.25, -0.2) is 4.79 Å². The van der Waals surface area contributed by atoms with E-state index in [4.69, 9.17) is 10.00 Å². The monoisotopic (exact) mass is 383 g/mol. The minimum Gasteiger partial charge on any atom is -0.445 e. The molecular weight excluding hydrogens is 358 g/mol. The Kier molecular flexibility index (Phi) is 4.98. The molecule has 0 radical (unpaired) electrons. The number of ether oxygens (including phenoxy) is 1. The first-order valence-electron chi connectivity index (χ1n) is 9.90. The van der Waals surface area contributed by atoms with Gasteiger partial charge in [-0.05, 0) is 31.7 Å². The van der Waals surface area contributed by atoms with E-state index < -0.39 is 0 Å². The van der Waals surface area contributed by atoms with E-state index in [1.54, 1.807) is 21.7 Å². The molecule has 2 aliphatic carbocycles. The smallest absolute Gasteiger partial charge is 0.410 e. The summed E-state index contributed by atoms with van der Waals surface area (Å²) in [5.41, 5.74) is 1.38. The highest BCUT2D eigenvalue weighted by atomic mass is 16.6. The Labute approximate surface area is 163 Å². The Morgan fingerprint density at radius 2 is 2.21 bits per heavy atom. The van der Waals surface area contributed by atoms with Crippen molar-refractivity contribution in [2.45, 2.75) is 50.9 Å². The molecule has 1 N–H and O–H groups in total. The summed E-state index contributed by atoms with van der Waals surface area (Å²) in [4.78, 5) is 26.6. The van der Waals surface area contributed by atoms with Crippen LogP contribution >= 0.6 is 0 Å². The lowest BCUT2D eigenvalue weighted by molar-refractivity contribution is -0.0119. The average Bonchev–Trinajstić information content (AvgIpc) is 3.14. The summed E-state index contributed by atoms with van der Waals surface area (Å²) in [6, 6.07) is 4.79. The molecule has 2 fully saturated rings. The number of nitrogens with zero attached hydrogens (tertiary/aromatic N) is 3. The summed E-state index contributed by atoms with van der Waals surface area (Å²) in [5, 5.41) is 18.9. The number of hydrogen-bond acceptors (Lipinski definition) is 5. The normalized spacial score (nSPS) is 31.8. The number of aromatic nitrogens is 1. The van der Waals surface area contributed by atoms with Gasteiger partial charge < -0.3 is 19.3 Å². The first-order chi connectivity index (χ1) is 13.4. The van der Waals surface area contributed by atoms with E-state index in [9.17, 15) is 14.7 Å². The van der Waals surface area contributed by atoms with Crippen LogP contribution in [0.1, 0.15) is 44.2 Å². The maximum Gasteiger partial charge on any atom is 0.410 e. The number of aliphatic hydroxyl groups is 1. The number of aliphatic hydroxyl groups excluding tert-OH is 1. The second-order valence-electron chi connectivity index (χ2n) is 8.25. The molecule has 1 aromatic rings. The summed E-state index contributed by atoms with van der Waals surface area (Å²) < 4.78 is 7.46. The Morgan fingerprint density at radius 3 is 2.96 bits per heavy atom. The summed E-state index contributed by atoms with van der Waals surface area (Å²) in [5.74, 6) is 0.312. The largest absolute Gasteiger partial charge is 0.445 e. The Morgan fingerprint density at radius 1 is 1.39 bits per heavy atom. The van der Waals surface area contributed by atoms with Gasteiger partial charge in [-0.15, -0.1) is 0 Å². The van der Waals surface area contributed by atoms with Gasteiger partial charge in [0.25, 0.3) is 5.56 Å². The molecule has 1 aromatic heterocycles. The number of carbonyl (C=O) groups excluding carboxylic acids is 1. The first-order valence-corrected chi connectivity index (χ1v) is 9.90. The highest BCUT2D eigenvalue weighted by Gasteiger charge is 2.40. The van der Waals surface area contributed by atoms with Gasteiger partial charge >= 0.3 is 6.09 Å². The third kappa shape index (κ3) is 3.57. The van der Waals surface area contributed by atoms with Crippen molar-refractivity contribution >= 4 is 6.09 Å². The van der Waals surface area contributed by atoms with Crippen molar-refractivity contribution in [3.63, 3.8) is 0 Å². The van der Waals surface area contributed by atoms with Crippen LogP contribution in [0.5, 0.6) is 0 Å². The van der Waals surface area contributed by atoms with Crippen molar-refractivity contribution in [1.82, 2.24) is 9.47 Å². The Balaban J connectivity index is 1.41. The molecule has 3 aliphatic rings. The lowest BCUT2D eigenvalue weighted by Gasteiger charge is -2.40. The topological polar surface area (TPSA) is 95.6 Å². The number of pyridine rings is 1. The van der Waals surface area contributed by atoms with E-state index in [0.717, 1.165) is 12.8 Å². The molecule has 148 valence electrons. The maximum absolute atomic E-state index is 12.8. The van der Waals surface area contributed by atoms with E-state index in [-0.39, 0.29) is 41.7 Å². The van der Waals surface area contributed by atoms with Gasteiger partial charge in [-0.1, -0.05) is 18.6 Å². The van der Waals surface area contributed by atoms with Crippen molar-refractivity contribution in [3.8, 4) is 6.07 Å². The molecule has 1 saturated heterocycles. The molecule has 1 aliphatic heterocycles. The van der Waals surface area contributed by atoms with Crippen LogP contribution < -0.4 is 5.56 Å². The lowest BCUT2D eigenvalue weighted by atomic mass is 9.72. The van der Waals surface area contributed by atoms with Gasteiger partial charge in [0, 0.05) is 37.2 Å². The van der Waals surface area contributed by atoms with Crippen LogP contribution in [0.3, 0.4) is 0 Å². The molecule has 0 aromatic carbocycles. The van der Waals surface area contributed by atoms with E-state index >= 15 is 0 Å². The van der Waals surface area contributed by atoms with Crippen molar-refractivity contribution in [1.29, 1.82) is 5.26 Å². The summed E-state index contributed by atoms with van der Waals surface area (Å²) in [6.45, 7) is 3.01. The number of hydrogen-bond donors (Lipinski definition) is 1. The highest BCUT2D eigenvalue weighted by molar-refractivity contribution is 5.68.